The van der Waals surface area contributed by atoms with Gasteiger partial charge in [0, 0.05) is 0 Å². The molecule has 0 aromatic heterocycles. The SMILES string of the molecule is CCC(C)C(=O)OC(C)(C)CNS(=O)(=O)C(F)(F)F. The van der Waals surface area contributed by atoms with Gasteiger partial charge in [-0.3, -0.25) is 4.79 Å². The van der Waals surface area contributed by atoms with Crippen LogP contribution in [0.15, 0.2) is 0 Å². The first-order valence-electron chi connectivity index (χ1n) is 5.61. The van der Waals surface area contributed by atoms with Crippen LogP contribution in [-0.2, 0) is 19.6 Å². The number of carbonyl (C=O) groups is 1. The number of esters is 1. The van der Waals surface area contributed by atoms with Crippen LogP contribution in [0, 0.1) is 5.92 Å². The molecular weight excluding hydrogens is 287 g/mol. The van der Waals surface area contributed by atoms with E-state index in [1.807, 2.05) is 0 Å². The lowest BCUT2D eigenvalue weighted by Gasteiger charge is -2.27. The van der Waals surface area contributed by atoms with Crippen molar-refractivity contribution in [3.8, 4) is 0 Å². The number of alkyl halides is 3. The maximum Gasteiger partial charge on any atom is 0.511 e. The van der Waals surface area contributed by atoms with Crippen LogP contribution in [0.4, 0.5) is 13.2 Å². The van der Waals surface area contributed by atoms with Crippen LogP contribution in [0.25, 0.3) is 0 Å². The molecule has 19 heavy (non-hydrogen) atoms. The van der Waals surface area contributed by atoms with Crippen molar-refractivity contribution in [2.45, 2.75) is 45.2 Å². The molecule has 0 heterocycles. The lowest BCUT2D eigenvalue weighted by molar-refractivity contribution is -0.160. The molecule has 0 aliphatic rings. The average Bonchev–Trinajstić information content (AvgIpc) is 2.23. The molecule has 0 bridgehead atoms. The maximum absolute atomic E-state index is 12.1. The molecular formula is C10H18F3NO4S. The Bertz CT molecular complexity index is 417. The number of ether oxygens (including phenoxy) is 1. The summed E-state index contributed by atoms with van der Waals surface area (Å²) >= 11 is 0. The summed E-state index contributed by atoms with van der Waals surface area (Å²) in [4.78, 5) is 11.5. The number of hydrogen-bond donors (Lipinski definition) is 1. The number of hydrogen-bond acceptors (Lipinski definition) is 4. The highest BCUT2D eigenvalue weighted by Crippen LogP contribution is 2.22. The predicted octanol–water partition coefficient (Wildman–Crippen LogP) is 1.79. The molecule has 0 aliphatic heterocycles. The third-order valence-electron chi connectivity index (χ3n) is 2.38. The molecule has 0 saturated carbocycles. The van der Waals surface area contributed by atoms with Crippen molar-refractivity contribution in [1.82, 2.24) is 4.72 Å². The van der Waals surface area contributed by atoms with Crippen LogP contribution in [0.5, 0.6) is 0 Å². The minimum absolute atomic E-state index is 0.404. The largest absolute Gasteiger partial charge is 0.511 e. The number of rotatable bonds is 6. The van der Waals surface area contributed by atoms with Gasteiger partial charge >= 0.3 is 21.5 Å². The highest BCUT2D eigenvalue weighted by atomic mass is 32.2. The van der Waals surface area contributed by atoms with E-state index in [0.717, 1.165) is 0 Å². The first-order valence-corrected chi connectivity index (χ1v) is 7.09. The summed E-state index contributed by atoms with van der Waals surface area (Å²) in [6, 6.07) is 0. The Morgan fingerprint density at radius 1 is 1.32 bits per heavy atom. The fourth-order valence-corrected chi connectivity index (χ4v) is 1.63. The van der Waals surface area contributed by atoms with Gasteiger partial charge in [-0.2, -0.15) is 13.2 Å². The predicted molar refractivity (Wildman–Crippen MR) is 62.6 cm³/mol. The van der Waals surface area contributed by atoms with Crippen LogP contribution in [0.2, 0.25) is 0 Å². The number of sulfonamides is 1. The van der Waals surface area contributed by atoms with Crippen molar-refractivity contribution >= 4 is 16.0 Å². The first-order chi connectivity index (χ1) is 8.32. The standard InChI is InChI=1S/C10H18F3NO4S/c1-5-7(2)8(15)18-9(3,4)6-14-19(16,17)10(11,12)13/h7,14H,5-6H2,1-4H3. The molecule has 1 unspecified atom stereocenters. The molecule has 5 nitrogen and oxygen atoms in total. The second-order valence-corrected chi connectivity index (χ2v) is 6.52. The van der Waals surface area contributed by atoms with E-state index in [-0.39, 0.29) is 0 Å². The van der Waals surface area contributed by atoms with E-state index in [4.69, 9.17) is 4.74 Å². The number of carbonyl (C=O) groups excluding carboxylic acids is 1. The van der Waals surface area contributed by atoms with E-state index in [0.29, 0.717) is 6.42 Å². The third-order valence-corrected chi connectivity index (χ3v) is 3.52. The average molecular weight is 305 g/mol. The van der Waals surface area contributed by atoms with Gasteiger partial charge in [0.15, 0.2) is 0 Å². The molecule has 114 valence electrons. The summed E-state index contributed by atoms with van der Waals surface area (Å²) < 4.78 is 64.2. The molecule has 0 rings (SSSR count). The Balaban J connectivity index is 4.60. The summed E-state index contributed by atoms with van der Waals surface area (Å²) in [6.07, 6.45) is 0.517. The van der Waals surface area contributed by atoms with E-state index in [1.54, 1.807) is 13.8 Å². The van der Waals surface area contributed by atoms with Gasteiger partial charge in [0.25, 0.3) is 0 Å². The van der Waals surface area contributed by atoms with E-state index in [2.05, 4.69) is 0 Å². The van der Waals surface area contributed by atoms with E-state index < -0.39 is 39.6 Å². The summed E-state index contributed by atoms with van der Waals surface area (Å²) in [5.41, 5.74) is -6.75. The van der Waals surface area contributed by atoms with Gasteiger partial charge in [0.2, 0.25) is 0 Å². The second kappa shape index (κ2) is 6.08. The molecule has 0 spiro atoms. The molecule has 0 radical (unpaired) electrons. The van der Waals surface area contributed by atoms with E-state index in [9.17, 15) is 26.4 Å². The van der Waals surface area contributed by atoms with Gasteiger partial charge in [-0.15, -0.1) is 0 Å². The molecule has 0 amide bonds. The number of nitrogens with one attached hydrogen (secondary N) is 1. The first kappa shape index (κ1) is 18.2. The Morgan fingerprint density at radius 2 is 1.79 bits per heavy atom. The molecule has 0 fully saturated rings. The van der Waals surface area contributed by atoms with Crippen molar-refractivity contribution in [2.24, 2.45) is 5.92 Å². The molecule has 0 aliphatic carbocycles. The Hall–Kier alpha value is -0.830. The Kier molecular flexibility index (Phi) is 5.82. The van der Waals surface area contributed by atoms with Crippen LogP contribution < -0.4 is 4.72 Å². The van der Waals surface area contributed by atoms with Gasteiger partial charge < -0.3 is 4.74 Å². The van der Waals surface area contributed by atoms with Crippen LogP contribution in [0.3, 0.4) is 0 Å². The molecule has 0 aromatic rings. The van der Waals surface area contributed by atoms with Crippen molar-refractivity contribution in [1.29, 1.82) is 0 Å². The zero-order valence-electron chi connectivity index (χ0n) is 11.2. The highest BCUT2D eigenvalue weighted by Gasteiger charge is 2.46. The van der Waals surface area contributed by atoms with Crippen molar-refractivity contribution in [3.63, 3.8) is 0 Å². The fourth-order valence-electron chi connectivity index (χ4n) is 0.926. The minimum Gasteiger partial charge on any atom is -0.458 e. The van der Waals surface area contributed by atoms with E-state index >= 15 is 0 Å². The van der Waals surface area contributed by atoms with Gasteiger partial charge in [-0.05, 0) is 20.3 Å². The topological polar surface area (TPSA) is 72.5 Å². The maximum atomic E-state index is 12.1. The molecule has 1 atom stereocenters. The quantitative estimate of drug-likeness (QED) is 0.759. The van der Waals surface area contributed by atoms with Crippen molar-refractivity contribution in [2.75, 3.05) is 6.54 Å². The summed E-state index contributed by atoms with van der Waals surface area (Å²) in [6.45, 7) is 5.36. The van der Waals surface area contributed by atoms with Gasteiger partial charge in [0.1, 0.15) is 5.60 Å². The highest BCUT2D eigenvalue weighted by molar-refractivity contribution is 7.90. The minimum atomic E-state index is -5.43. The molecule has 9 heteroatoms. The van der Waals surface area contributed by atoms with Gasteiger partial charge in [-0.1, -0.05) is 13.8 Å². The second-order valence-electron chi connectivity index (χ2n) is 4.76. The zero-order valence-corrected chi connectivity index (χ0v) is 12.0. The Morgan fingerprint density at radius 3 is 2.16 bits per heavy atom. The van der Waals surface area contributed by atoms with Crippen LogP contribution >= 0.6 is 0 Å². The van der Waals surface area contributed by atoms with E-state index in [1.165, 1.54) is 18.6 Å². The lowest BCUT2D eigenvalue weighted by atomic mass is 10.1. The lowest BCUT2D eigenvalue weighted by Crippen LogP contribution is -2.46. The summed E-state index contributed by atoms with van der Waals surface area (Å²) in [7, 11) is -5.43. The Labute approximate surface area is 110 Å². The third kappa shape index (κ3) is 5.77. The van der Waals surface area contributed by atoms with Crippen LogP contribution in [-0.4, -0.2) is 32.0 Å². The fraction of sp³-hybridized carbons (Fsp3) is 0.900. The molecule has 0 saturated heterocycles. The molecule has 1 N–H and O–H groups in total. The van der Waals surface area contributed by atoms with Crippen molar-refractivity contribution in [3.05, 3.63) is 0 Å². The normalized spacial score (nSPS) is 15.1. The summed E-state index contributed by atoms with van der Waals surface area (Å²) in [5, 5.41) is 0. The molecule has 0 aromatic carbocycles. The smallest absolute Gasteiger partial charge is 0.458 e. The van der Waals surface area contributed by atoms with Gasteiger partial charge in [-0.25, -0.2) is 13.1 Å². The summed E-state index contributed by atoms with van der Waals surface area (Å²) in [5.74, 6) is -0.989. The number of halogens is 3. The van der Waals surface area contributed by atoms with Crippen LogP contribution in [0.1, 0.15) is 34.1 Å². The monoisotopic (exact) mass is 305 g/mol. The van der Waals surface area contributed by atoms with Gasteiger partial charge in [0.05, 0.1) is 12.5 Å². The zero-order chi connectivity index (χ0) is 15.5. The van der Waals surface area contributed by atoms with Crippen molar-refractivity contribution < 1.29 is 31.1 Å².